The fraction of sp³-hybridized carbons (Fsp3) is 0.143. The van der Waals surface area contributed by atoms with Gasteiger partial charge in [-0.1, -0.05) is 6.58 Å². The number of carbonyl (C=O) groups is 1. The van der Waals surface area contributed by atoms with Crippen LogP contribution in [0.3, 0.4) is 0 Å². The highest BCUT2D eigenvalue weighted by atomic mass is 16.5. The van der Waals surface area contributed by atoms with Crippen molar-refractivity contribution in [3.63, 3.8) is 0 Å². The summed E-state index contributed by atoms with van der Waals surface area (Å²) in [5, 5.41) is 0. The second-order valence-electron chi connectivity index (χ2n) is 1.88. The van der Waals surface area contributed by atoms with E-state index in [9.17, 15) is 4.79 Å². The number of carbonyl (C=O) groups excluding carboxylic acids is 1. The Kier molecular flexibility index (Phi) is 2.06. The zero-order valence-electron chi connectivity index (χ0n) is 6.15. The zero-order valence-corrected chi connectivity index (χ0v) is 6.15. The molecular weight excluding hydrogens is 144 g/mol. The molecule has 0 aliphatic rings. The summed E-state index contributed by atoms with van der Waals surface area (Å²) in [5.41, 5.74) is 0.285. The van der Waals surface area contributed by atoms with E-state index in [1.54, 1.807) is 17.0 Å². The summed E-state index contributed by atoms with van der Waals surface area (Å²) in [7, 11) is 1.31. The van der Waals surface area contributed by atoms with Crippen molar-refractivity contribution in [3.05, 3.63) is 24.8 Å². The average Bonchev–Trinajstić information content (AvgIpc) is 2.50. The number of methoxy groups -OCH3 is 1. The van der Waals surface area contributed by atoms with Crippen LogP contribution in [-0.2, 0) is 4.74 Å². The fourth-order valence-electron chi connectivity index (χ4n) is 0.647. The van der Waals surface area contributed by atoms with Crippen LogP contribution in [0, 0.1) is 0 Å². The van der Waals surface area contributed by atoms with E-state index in [-0.39, 0.29) is 5.69 Å². The van der Waals surface area contributed by atoms with Gasteiger partial charge in [-0.2, -0.15) is 0 Å². The van der Waals surface area contributed by atoms with Crippen molar-refractivity contribution in [2.45, 2.75) is 0 Å². The molecule has 11 heavy (non-hydrogen) atoms. The molecule has 0 saturated heterocycles. The first-order valence-electron chi connectivity index (χ1n) is 3.02. The lowest BCUT2D eigenvalue weighted by Gasteiger charge is -1.90. The van der Waals surface area contributed by atoms with Crippen molar-refractivity contribution in [2.75, 3.05) is 7.11 Å². The second kappa shape index (κ2) is 3.01. The summed E-state index contributed by atoms with van der Waals surface area (Å²) in [5.74, 6) is -0.439. The molecule has 0 amide bonds. The minimum atomic E-state index is -0.439. The van der Waals surface area contributed by atoms with Crippen molar-refractivity contribution in [2.24, 2.45) is 0 Å². The summed E-state index contributed by atoms with van der Waals surface area (Å²) in [6.45, 7) is 3.50. The van der Waals surface area contributed by atoms with Crippen LogP contribution >= 0.6 is 0 Å². The topological polar surface area (TPSA) is 44.1 Å². The summed E-state index contributed by atoms with van der Waals surface area (Å²) >= 11 is 0. The molecule has 0 bridgehead atoms. The molecule has 1 aromatic rings. The van der Waals surface area contributed by atoms with Crippen molar-refractivity contribution in [3.8, 4) is 0 Å². The Labute approximate surface area is 64.1 Å². The first-order valence-corrected chi connectivity index (χ1v) is 3.02. The number of imidazole rings is 1. The number of esters is 1. The number of rotatable bonds is 2. The van der Waals surface area contributed by atoms with Gasteiger partial charge in [0.05, 0.1) is 13.4 Å². The maximum Gasteiger partial charge on any atom is 0.358 e. The number of hydrogen-bond donors (Lipinski definition) is 0. The van der Waals surface area contributed by atoms with Crippen LogP contribution < -0.4 is 0 Å². The molecule has 0 N–H and O–H groups in total. The quantitative estimate of drug-likeness (QED) is 0.588. The van der Waals surface area contributed by atoms with Crippen LogP contribution in [0.15, 0.2) is 19.1 Å². The molecule has 0 atom stereocenters. The Hall–Kier alpha value is -1.58. The van der Waals surface area contributed by atoms with Crippen LogP contribution in [0.25, 0.3) is 6.20 Å². The van der Waals surface area contributed by atoms with Crippen LogP contribution in [0.4, 0.5) is 0 Å². The lowest BCUT2D eigenvalue weighted by atomic mass is 10.5. The van der Waals surface area contributed by atoms with Crippen molar-refractivity contribution in [1.29, 1.82) is 0 Å². The molecule has 1 heterocycles. The van der Waals surface area contributed by atoms with Gasteiger partial charge in [0.25, 0.3) is 0 Å². The van der Waals surface area contributed by atoms with Crippen LogP contribution in [-0.4, -0.2) is 22.6 Å². The van der Waals surface area contributed by atoms with E-state index in [0.29, 0.717) is 0 Å². The highest BCUT2D eigenvalue weighted by Crippen LogP contribution is 1.97. The molecule has 1 aromatic heterocycles. The van der Waals surface area contributed by atoms with Crippen molar-refractivity contribution < 1.29 is 9.53 Å². The van der Waals surface area contributed by atoms with Crippen molar-refractivity contribution >= 4 is 12.2 Å². The molecule has 4 nitrogen and oxygen atoms in total. The summed E-state index contributed by atoms with van der Waals surface area (Å²) in [4.78, 5) is 14.6. The average molecular weight is 152 g/mol. The van der Waals surface area contributed by atoms with Gasteiger partial charge in [0.15, 0.2) is 5.69 Å². The van der Waals surface area contributed by atoms with E-state index >= 15 is 0 Å². The monoisotopic (exact) mass is 152 g/mol. The molecule has 58 valence electrons. The van der Waals surface area contributed by atoms with E-state index in [1.165, 1.54) is 13.4 Å². The minimum Gasteiger partial charge on any atom is -0.464 e. The number of ether oxygens (including phenoxy) is 1. The van der Waals surface area contributed by atoms with Crippen LogP contribution in [0.1, 0.15) is 10.5 Å². The third-order valence-corrected chi connectivity index (χ3v) is 1.21. The molecule has 0 unspecified atom stereocenters. The van der Waals surface area contributed by atoms with Gasteiger partial charge in [-0.25, -0.2) is 9.78 Å². The molecule has 0 radical (unpaired) electrons. The highest BCUT2D eigenvalue weighted by Gasteiger charge is 2.06. The van der Waals surface area contributed by atoms with Gasteiger partial charge in [0.1, 0.15) is 0 Å². The molecule has 4 heteroatoms. The predicted octanol–water partition coefficient (Wildman–Crippen LogP) is 0.770. The predicted molar refractivity (Wildman–Crippen MR) is 40.0 cm³/mol. The van der Waals surface area contributed by atoms with Crippen molar-refractivity contribution in [1.82, 2.24) is 9.55 Å². The van der Waals surface area contributed by atoms with Gasteiger partial charge in [0.2, 0.25) is 0 Å². The Bertz CT molecular complexity index is 278. The highest BCUT2D eigenvalue weighted by molar-refractivity contribution is 5.86. The largest absolute Gasteiger partial charge is 0.464 e. The Morgan fingerprint density at radius 1 is 1.91 bits per heavy atom. The third kappa shape index (κ3) is 1.46. The molecule has 0 aliphatic heterocycles. The number of hydrogen-bond acceptors (Lipinski definition) is 3. The second-order valence-corrected chi connectivity index (χ2v) is 1.88. The summed E-state index contributed by atoms with van der Waals surface area (Å²) in [6.07, 6.45) is 4.57. The molecule has 0 spiro atoms. The first-order chi connectivity index (χ1) is 5.27. The van der Waals surface area contributed by atoms with Gasteiger partial charge in [-0.3, -0.25) is 0 Å². The number of aromatic nitrogens is 2. The van der Waals surface area contributed by atoms with Gasteiger partial charge in [0, 0.05) is 12.4 Å². The van der Waals surface area contributed by atoms with Crippen LogP contribution in [0.5, 0.6) is 0 Å². The zero-order chi connectivity index (χ0) is 8.27. The molecular formula is C7H8N2O2. The SMILES string of the molecule is C=Cn1cnc(C(=O)OC)c1. The Morgan fingerprint density at radius 3 is 3.09 bits per heavy atom. The van der Waals surface area contributed by atoms with Gasteiger partial charge in [-0.15, -0.1) is 0 Å². The smallest absolute Gasteiger partial charge is 0.358 e. The molecule has 0 fully saturated rings. The van der Waals surface area contributed by atoms with Gasteiger partial charge < -0.3 is 9.30 Å². The minimum absolute atomic E-state index is 0.285. The number of nitrogens with zero attached hydrogens (tertiary/aromatic N) is 2. The third-order valence-electron chi connectivity index (χ3n) is 1.21. The van der Waals surface area contributed by atoms with Crippen LogP contribution in [0.2, 0.25) is 0 Å². The molecule has 0 aliphatic carbocycles. The van der Waals surface area contributed by atoms with E-state index in [2.05, 4.69) is 16.3 Å². The lowest BCUT2D eigenvalue weighted by molar-refractivity contribution is 0.0594. The van der Waals surface area contributed by atoms with E-state index in [1.807, 2.05) is 0 Å². The Balaban J connectivity index is 2.88. The maximum atomic E-state index is 10.8. The summed E-state index contributed by atoms with van der Waals surface area (Å²) in [6, 6.07) is 0. The first kappa shape index (κ1) is 7.53. The van der Waals surface area contributed by atoms with E-state index < -0.39 is 5.97 Å². The van der Waals surface area contributed by atoms with E-state index in [0.717, 1.165) is 0 Å². The summed E-state index contributed by atoms with van der Waals surface area (Å²) < 4.78 is 6.02. The molecule has 1 rings (SSSR count). The molecule has 0 saturated carbocycles. The molecule has 0 aromatic carbocycles. The fourth-order valence-corrected chi connectivity index (χ4v) is 0.647. The normalized spacial score (nSPS) is 9.18. The van der Waals surface area contributed by atoms with E-state index in [4.69, 9.17) is 0 Å². The maximum absolute atomic E-state index is 10.8. The standard InChI is InChI=1S/C7H8N2O2/c1-3-9-4-6(8-5-9)7(10)11-2/h3-5H,1H2,2H3. The Morgan fingerprint density at radius 2 is 2.64 bits per heavy atom. The van der Waals surface area contributed by atoms with Gasteiger partial charge in [-0.05, 0) is 0 Å². The van der Waals surface area contributed by atoms with Gasteiger partial charge >= 0.3 is 5.97 Å². The lowest BCUT2D eigenvalue weighted by Crippen LogP contribution is -2.00.